The molecular formula is C12H20N2O2. The largest absolute Gasteiger partial charge is 0.394 e. The molecule has 0 aliphatic carbocycles. The molecule has 4 heteroatoms. The summed E-state index contributed by atoms with van der Waals surface area (Å²) in [6, 6.07) is 6.02. The van der Waals surface area contributed by atoms with E-state index in [4.69, 9.17) is 5.11 Å². The van der Waals surface area contributed by atoms with Gasteiger partial charge in [0.2, 0.25) is 0 Å². The van der Waals surface area contributed by atoms with Crippen molar-refractivity contribution in [3.63, 3.8) is 0 Å². The first-order valence-electron chi connectivity index (χ1n) is 5.35. The van der Waals surface area contributed by atoms with E-state index in [2.05, 4.69) is 12.2 Å². The fourth-order valence-corrected chi connectivity index (χ4v) is 1.50. The van der Waals surface area contributed by atoms with Crippen LogP contribution in [-0.2, 0) is 0 Å². The molecule has 0 saturated carbocycles. The van der Waals surface area contributed by atoms with Gasteiger partial charge in [-0.1, -0.05) is 6.07 Å². The van der Waals surface area contributed by atoms with Gasteiger partial charge in [0.25, 0.3) is 0 Å². The number of hydrogen-bond acceptors (Lipinski definition) is 4. The van der Waals surface area contributed by atoms with Gasteiger partial charge in [-0.2, -0.15) is 0 Å². The summed E-state index contributed by atoms with van der Waals surface area (Å²) in [4.78, 5) is 2.04. The normalized spacial score (nSPS) is 12.3. The lowest BCUT2D eigenvalue weighted by molar-refractivity contribution is 0.105. The molecule has 1 atom stereocenters. The van der Waals surface area contributed by atoms with E-state index in [0.29, 0.717) is 6.54 Å². The van der Waals surface area contributed by atoms with Crippen LogP contribution in [0.3, 0.4) is 0 Å². The van der Waals surface area contributed by atoms with E-state index in [1.54, 1.807) is 0 Å². The van der Waals surface area contributed by atoms with Crippen molar-refractivity contribution in [3.05, 3.63) is 23.8 Å². The van der Waals surface area contributed by atoms with E-state index in [1.165, 1.54) is 5.56 Å². The Labute approximate surface area is 96.5 Å². The third-order valence-electron chi connectivity index (χ3n) is 2.44. The van der Waals surface area contributed by atoms with E-state index in [9.17, 15) is 5.11 Å². The van der Waals surface area contributed by atoms with E-state index < -0.39 is 6.10 Å². The summed E-state index contributed by atoms with van der Waals surface area (Å²) in [5, 5.41) is 21.0. The second kappa shape index (κ2) is 5.72. The fourth-order valence-electron chi connectivity index (χ4n) is 1.50. The first-order chi connectivity index (χ1) is 7.54. The molecule has 0 fully saturated rings. The fraction of sp³-hybridized carbons (Fsp3) is 0.500. The number of nitrogens with zero attached hydrogens (tertiary/aromatic N) is 1. The average Bonchev–Trinajstić information content (AvgIpc) is 2.27. The Kier molecular flexibility index (Phi) is 4.58. The molecule has 0 saturated heterocycles. The van der Waals surface area contributed by atoms with Crippen LogP contribution in [0.25, 0.3) is 0 Å². The number of nitrogens with one attached hydrogen (secondary N) is 1. The Morgan fingerprint density at radius 2 is 2.06 bits per heavy atom. The highest BCUT2D eigenvalue weighted by Crippen LogP contribution is 2.22. The highest BCUT2D eigenvalue weighted by molar-refractivity contribution is 5.61. The molecule has 0 spiro atoms. The van der Waals surface area contributed by atoms with Gasteiger partial charge in [0.15, 0.2) is 0 Å². The van der Waals surface area contributed by atoms with Crippen molar-refractivity contribution in [1.82, 2.24) is 0 Å². The summed E-state index contributed by atoms with van der Waals surface area (Å²) in [5.74, 6) is 0. The minimum absolute atomic E-state index is 0.223. The van der Waals surface area contributed by atoms with Gasteiger partial charge in [-0.25, -0.2) is 0 Å². The third-order valence-corrected chi connectivity index (χ3v) is 2.44. The number of aryl methyl sites for hydroxylation is 1. The van der Waals surface area contributed by atoms with Crippen molar-refractivity contribution in [2.24, 2.45) is 0 Å². The molecule has 1 aromatic carbocycles. The Hall–Kier alpha value is -1.26. The van der Waals surface area contributed by atoms with Gasteiger partial charge in [0, 0.05) is 32.0 Å². The Morgan fingerprint density at radius 1 is 1.38 bits per heavy atom. The van der Waals surface area contributed by atoms with Crippen molar-refractivity contribution in [3.8, 4) is 0 Å². The topological polar surface area (TPSA) is 55.7 Å². The van der Waals surface area contributed by atoms with Crippen molar-refractivity contribution in [2.45, 2.75) is 13.0 Å². The SMILES string of the molecule is Cc1ccc(NCC(O)CO)cc1N(C)C. The summed E-state index contributed by atoms with van der Waals surface area (Å²) >= 11 is 0. The molecule has 4 nitrogen and oxygen atoms in total. The maximum Gasteiger partial charge on any atom is 0.0942 e. The van der Waals surface area contributed by atoms with E-state index in [1.807, 2.05) is 37.2 Å². The van der Waals surface area contributed by atoms with Crippen LogP contribution in [0.2, 0.25) is 0 Å². The summed E-state index contributed by atoms with van der Waals surface area (Å²) in [6.07, 6.45) is -0.718. The Morgan fingerprint density at radius 3 is 2.62 bits per heavy atom. The predicted octanol–water partition coefficient (Wildman–Crippen LogP) is 0.826. The van der Waals surface area contributed by atoms with Crippen molar-refractivity contribution >= 4 is 11.4 Å². The van der Waals surface area contributed by atoms with Crippen molar-refractivity contribution < 1.29 is 10.2 Å². The number of hydrogen-bond donors (Lipinski definition) is 3. The van der Waals surface area contributed by atoms with Crippen LogP contribution in [-0.4, -0.2) is 43.6 Å². The Balaban J connectivity index is 2.71. The molecule has 0 aliphatic rings. The molecule has 3 N–H and O–H groups in total. The molecular weight excluding hydrogens is 204 g/mol. The van der Waals surface area contributed by atoms with Gasteiger partial charge in [0.1, 0.15) is 0 Å². The van der Waals surface area contributed by atoms with Gasteiger partial charge < -0.3 is 20.4 Å². The van der Waals surface area contributed by atoms with Crippen LogP contribution >= 0.6 is 0 Å². The van der Waals surface area contributed by atoms with Crippen LogP contribution in [0.4, 0.5) is 11.4 Å². The highest BCUT2D eigenvalue weighted by Gasteiger charge is 2.04. The minimum atomic E-state index is -0.718. The number of benzene rings is 1. The second-order valence-corrected chi connectivity index (χ2v) is 4.11. The van der Waals surface area contributed by atoms with Crippen LogP contribution in [0, 0.1) is 6.92 Å². The molecule has 1 unspecified atom stereocenters. The number of aliphatic hydroxyl groups is 2. The Bertz CT molecular complexity index is 340. The first kappa shape index (κ1) is 12.8. The number of anilines is 2. The quantitative estimate of drug-likeness (QED) is 0.693. The maximum atomic E-state index is 9.23. The average molecular weight is 224 g/mol. The molecule has 90 valence electrons. The lowest BCUT2D eigenvalue weighted by Crippen LogP contribution is -2.23. The lowest BCUT2D eigenvalue weighted by Gasteiger charge is -2.18. The summed E-state index contributed by atoms with van der Waals surface area (Å²) in [7, 11) is 3.99. The maximum absolute atomic E-state index is 9.23. The van der Waals surface area contributed by atoms with Gasteiger partial charge >= 0.3 is 0 Å². The summed E-state index contributed by atoms with van der Waals surface area (Å²) in [6.45, 7) is 2.19. The molecule has 0 aromatic heterocycles. The molecule has 16 heavy (non-hydrogen) atoms. The summed E-state index contributed by atoms with van der Waals surface area (Å²) < 4.78 is 0. The van der Waals surface area contributed by atoms with Gasteiger partial charge in [-0.15, -0.1) is 0 Å². The standard InChI is InChI=1S/C12H20N2O2/c1-9-4-5-10(6-12(9)14(2)3)13-7-11(16)8-15/h4-6,11,13,15-16H,7-8H2,1-3H3. The lowest BCUT2D eigenvalue weighted by atomic mass is 10.1. The predicted molar refractivity (Wildman–Crippen MR) is 67.1 cm³/mol. The monoisotopic (exact) mass is 224 g/mol. The summed E-state index contributed by atoms with van der Waals surface area (Å²) in [5.41, 5.74) is 3.29. The van der Waals surface area contributed by atoms with E-state index in [-0.39, 0.29) is 6.61 Å². The minimum Gasteiger partial charge on any atom is -0.394 e. The van der Waals surface area contributed by atoms with E-state index in [0.717, 1.165) is 11.4 Å². The zero-order chi connectivity index (χ0) is 12.1. The van der Waals surface area contributed by atoms with Gasteiger partial charge in [0.05, 0.1) is 12.7 Å². The molecule has 1 rings (SSSR count). The van der Waals surface area contributed by atoms with Crippen LogP contribution in [0.5, 0.6) is 0 Å². The number of rotatable bonds is 5. The molecule has 0 amide bonds. The zero-order valence-corrected chi connectivity index (χ0v) is 10.1. The van der Waals surface area contributed by atoms with Crippen molar-refractivity contribution in [2.75, 3.05) is 37.5 Å². The van der Waals surface area contributed by atoms with Crippen molar-refractivity contribution in [1.29, 1.82) is 0 Å². The van der Waals surface area contributed by atoms with Crippen LogP contribution in [0.15, 0.2) is 18.2 Å². The molecule has 0 radical (unpaired) electrons. The first-order valence-corrected chi connectivity index (χ1v) is 5.35. The second-order valence-electron chi connectivity index (χ2n) is 4.11. The van der Waals surface area contributed by atoms with E-state index >= 15 is 0 Å². The third kappa shape index (κ3) is 3.40. The number of aliphatic hydroxyl groups excluding tert-OH is 2. The smallest absolute Gasteiger partial charge is 0.0942 e. The highest BCUT2D eigenvalue weighted by atomic mass is 16.3. The molecule has 0 heterocycles. The molecule has 0 aliphatic heterocycles. The van der Waals surface area contributed by atoms with Gasteiger partial charge in [-0.05, 0) is 24.6 Å². The molecule has 0 bridgehead atoms. The molecule has 1 aromatic rings. The van der Waals surface area contributed by atoms with Gasteiger partial charge in [-0.3, -0.25) is 0 Å². The van der Waals surface area contributed by atoms with Crippen LogP contribution < -0.4 is 10.2 Å². The zero-order valence-electron chi connectivity index (χ0n) is 10.1. The van der Waals surface area contributed by atoms with Crippen LogP contribution in [0.1, 0.15) is 5.56 Å².